The Hall–Kier alpha value is -1.90. The molecule has 2 nitrogen and oxygen atoms in total. The van der Waals surface area contributed by atoms with Crippen LogP contribution in [0, 0.1) is 63.2 Å². The van der Waals surface area contributed by atoms with Gasteiger partial charge in [0, 0.05) is 24.4 Å². The molecule has 0 spiro atoms. The minimum absolute atomic E-state index is 0. The summed E-state index contributed by atoms with van der Waals surface area (Å²) in [5.74, 6) is 2.23. The van der Waals surface area contributed by atoms with Crippen molar-refractivity contribution in [2.75, 3.05) is 6.54 Å². The molecule has 3 aromatic carbocycles. The first kappa shape index (κ1) is 28.1. The zero-order valence-corrected chi connectivity index (χ0v) is 22.0. The Kier molecular flexibility index (Phi) is 10.5. The van der Waals surface area contributed by atoms with Gasteiger partial charge in [0.2, 0.25) is 0 Å². The van der Waals surface area contributed by atoms with Crippen molar-refractivity contribution in [1.82, 2.24) is 4.90 Å². The molecule has 37 heavy (non-hydrogen) atoms. The molecule has 2 saturated carbocycles. The van der Waals surface area contributed by atoms with E-state index in [1.807, 2.05) is 92.8 Å². The van der Waals surface area contributed by atoms with E-state index in [2.05, 4.69) is 54.5 Å². The number of hydrogen-bond acceptors (Lipinski definition) is 2. The molecule has 6 rings (SSSR count). The molecular weight excluding hydrogens is 494 g/mol. The van der Waals surface area contributed by atoms with Crippen LogP contribution in [0.4, 0.5) is 0 Å². The van der Waals surface area contributed by atoms with Crippen LogP contribution in [-0.4, -0.2) is 22.6 Å². The van der Waals surface area contributed by atoms with E-state index in [1.165, 1.54) is 17.9 Å². The number of nitrogens with zero attached hydrogens (tertiary/aromatic N) is 1. The van der Waals surface area contributed by atoms with Crippen LogP contribution in [0.5, 0.6) is 0 Å². The molecule has 1 heterocycles. The summed E-state index contributed by atoms with van der Waals surface area (Å²) in [7, 11) is 0. The number of likely N-dealkylation sites (tertiary alicyclic amines) is 1. The number of rotatable bonds is 6. The fourth-order valence-electron chi connectivity index (χ4n) is 5.40. The third kappa shape index (κ3) is 6.58. The average Bonchev–Trinajstić information content (AvgIpc) is 3.74. The Morgan fingerprint density at radius 1 is 0.676 bits per heavy atom. The molecule has 0 unspecified atom stereocenters. The Bertz CT molecular complexity index is 990. The van der Waals surface area contributed by atoms with Gasteiger partial charge in [0.1, 0.15) is 5.60 Å². The summed E-state index contributed by atoms with van der Waals surface area (Å²) in [5, 5.41) is 12.3. The monoisotopic (exact) mass is 527 g/mol. The third-order valence-electron chi connectivity index (χ3n) is 7.13. The van der Waals surface area contributed by atoms with Crippen molar-refractivity contribution in [3.63, 3.8) is 0 Å². The summed E-state index contributed by atoms with van der Waals surface area (Å²) in [4.78, 5) is 2.56. The number of hydrogen-bond donors (Lipinski definition) is 1. The van der Waals surface area contributed by atoms with Gasteiger partial charge in [0.05, 0.1) is 0 Å². The van der Waals surface area contributed by atoms with Gasteiger partial charge in [0.25, 0.3) is 0 Å². The van der Waals surface area contributed by atoms with Crippen LogP contribution in [0.3, 0.4) is 0 Å². The quantitative estimate of drug-likeness (QED) is 0.376. The number of benzene rings is 3. The first-order chi connectivity index (χ1) is 17.8. The van der Waals surface area contributed by atoms with Crippen LogP contribution >= 0.6 is 0 Å². The van der Waals surface area contributed by atoms with Crippen LogP contribution in [0.15, 0.2) is 91.0 Å². The van der Waals surface area contributed by atoms with Crippen LogP contribution < -0.4 is 0 Å². The van der Waals surface area contributed by atoms with Crippen molar-refractivity contribution in [3.8, 4) is 0 Å². The molecular formula is C34H33FeNO+2. The summed E-state index contributed by atoms with van der Waals surface area (Å²) in [6.45, 7) is 2.02. The van der Waals surface area contributed by atoms with Crippen LogP contribution in [0.1, 0.15) is 29.5 Å². The summed E-state index contributed by atoms with van der Waals surface area (Å²) >= 11 is 0. The van der Waals surface area contributed by atoms with Gasteiger partial charge in [-0.2, -0.15) is 0 Å². The topological polar surface area (TPSA) is 23.5 Å². The van der Waals surface area contributed by atoms with Crippen molar-refractivity contribution in [2.24, 2.45) is 0 Å². The van der Waals surface area contributed by atoms with Crippen molar-refractivity contribution < 1.29 is 22.2 Å². The van der Waals surface area contributed by atoms with Crippen LogP contribution in [0.2, 0.25) is 0 Å². The molecule has 10 radical (unpaired) electrons. The van der Waals surface area contributed by atoms with Crippen molar-refractivity contribution >= 4 is 0 Å². The SMILES string of the molecule is OC([C]1[CH][CH][CH][C]1[C@H]1CCCN1Cc1ccccc1)(c1ccccc1)c1ccccc1.[CH]1[CH][CH][CH][CH]1.[Fe+2]. The molecule has 3 fully saturated rings. The molecule has 1 N–H and O–H groups in total. The van der Waals surface area contributed by atoms with Gasteiger partial charge >= 0.3 is 17.1 Å². The molecule has 1 aliphatic heterocycles. The minimum atomic E-state index is -1.18. The van der Waals surface area contributed by atoms with Gasteiger partial charge < -0.3 is 5.11 Å². The fourth-order valence-corrected chi connectivity index (χ4v) is 5.40. The molecule has 0 amide bonds. The predicted molar refractivity (Wildman–Crippen MR) is 147 cm³/mol. The first-order valence-electron chi connectivity index (χ1n) is 12.8. The number of aliphatic hydroxyl groups is 1. The van der Waals surface area contributed by atoms with Gasteiger partial charge in [-0.15, -0.1) is 0 Å². The van der Waals surface area contributed by atoms with E-state index in [9.17, 15) is 5.11 Å². The average molecular weight is 527 g/mol. The van der Waals surface area contributed by atoms with Crippen LogP contribution in [0.25, 0.3) is 0 Å². The second-order valence-electron chi connectivity index (χ2n) is 9.41. The normalized spacial score (nSPS) is 20.8. The molecule has 0 aromatic heterocycles. The third-order valence-corrected chi connectivity index (χ3v) is 7.13. The molecule has 186 valence electrons. The smallest absolute Gasteiger partial charge is 0.380 e. The zero-order valence-electron chi connectivity index (χ0n) is 20.9. The van der Waals surface area contributed by atoms with Gasteiger partial charge in [-0.3, -0.25) is 4.90 Å². The van der Waals surface area contributed by atoms with Gasteiger partial charge in [-0.05, 0) is 87.4 Å². The largest absolute Gasteiger partial charge is 2.00 e. The Morgan fingerprint density at radius 2 is 1.19 bits per heavy atom. The summed E-state index contributed by atoms with van der Waals surface area (Å²) in [6, 6.07) is 31.1. The van der Waals surface area contributed by atoms with E-state index in [4.69, 9.17) is 0 Å². The zero-order chi connectivity index (χ0) is 24.6. The van der Waals surface area contributed by atoms with E-state index < -0.39 is 5.60 Å². The van der Waals surface area contributed by atoms with E-state index in [-0.39, 0.29) is 17.1 Å². The van der Waals surface area contributed by atoms with Gasteiger partial charge in [-0.1, -0.05) is 91.0 Å². The summed E-state index contributed by atoms with van der Waals surface area (Å²) in [5.41, 5.74) is 1.97. The second kappa shape index (κ2) is 13.8. The van der Waals surface area contributed by atoms with Crippen LogP contribution in [-0.2, 0) is 29.2 Å². The molecule has 1 atom stereocenters. The first-order valence-corrected chi connectivity index (χ1v) is 12.8. The molecule has 3 aliphatic rings. The molecule has 3 heteroatoms. The molecule has 2 aliphatic carbocycles. The summed E-state index contributed by atoms with van der Waals surface area (Å²) in [6.07, 6.45) is 18.7. The molecule has 0 bridgehead atoms. The Balaban J connectivity index is 0.000000479. The van der Waals surface area contributed by atoms with Crippen molar-refractivity contribution in [3.05, 3.63) is 171 Å². The van der Waals surface area contributed by atoms with E-state index in [1.54, 1.807) is 0 Å². The van der Waals surface area contributed by atoms with E-state index in [0.29, 0.717) is 6.04 Å². The Morgan fingerprint density at radius 3 is 1.73 bits per heavy atom. The standard InChI is InChI=1S/C29H28NO.C5H5.Fe/c31-29(24-14-6-2-7-15-24,25-16-8-3-9-17-25)27-19-10-18-26(27)28-20-11-21-30(28)22-23-12-4-1-5-13-23;1-2-4-5-3-1;/h1-10,12-19,28,31H,11,20-22H2;1-5H;/q;;+2/t28-;;/m1../s1. The molecule has 3 aromatic rings. The maximum Gasteiger partial charge on any atom is 2.00 e. The van der Waals surface area contributed by atoms with Crippen molar-refractivity contribution in [2.45, 2.75) is 31.0 Å². The van der Waals surface area contributed by atoms with Crippen molar-refractivity contribution in [1.29, 1.82) is 0 Å². The minimum Gasteiger partial charge on any atom is -0.380 e. The van der Waals surface area contributed by atoms with Gasteiger partial charge in [-0.25, -0.2) is 0 Å². The van der Waals surface area contributed by atoms with E-state index in [0.717, 1.165) is 36.6 Å². The Labute approximate surface area is 235 Å². The predicted octanol–water partition coefficient (Wildman–Crippen LogP) is 6.38. The maximum absolute atomic E-state index is 12.3. The van der Waals surface area contributed by atoms with Gasteiger partial charge in [0.15, 0.2) is 0 Å². The van der Waals surface area contributed by atoms with E-state index >= 15 is 0 Å². The summed E-state index contributed by atoms with van der Waals surface area (Å²) < 4.78 is 0. The second-order valence-corrected chi connectivity index (χ2v) is 9.41. The molecule has 1 saturated heterocycles. The maximum atomic E-state index is 12.3. The fraction of sp³-hybridized carbons (Fsp3) is 0.176.